The van der Waals surface area contributed by atoms with E-state index in [4.69, 9.17) is 22.2 Å². The summed E-state index contributed by atoms with van der Waals surface area (Å²) in [7, 11) is 0. The van der Waals surface area contributed by atoms with Crippen LogP contribution in [0.4, 0.5) is 0 Å². The lowest BCUT2D eigenvalue weighted by molar-refractivity contribution is 0.100. The van der Waals surface area contributed by atoms with E-state index in [0.717, 1.165) is 5.75 Å². The third-order valence-corrected chi connectivity index (χ3v) is 3.71. The molecule has 1 aliphatic carbocycles. The second-order valence-electron chi connectivity index (χ2n) is 4.66. The molecule has 0 spiro atoms. The number of rotatable bonds is 5. The number of hydrogen-bond donors (Lipinski definition) is 2. The topological polar surface area (TPSA) is 47.3 Å². The number of hydrazine groups is 1. The predicted octanol–water partition coefficient (Wildman–Crippen LogP) is 2.74. The van der Waals surface area contributed by atoms with Gasteiger partial charge in [0.2, 0.25) is 0 Å². The van der Waals surface area contributed by atoms with E-state index in [2.05, 4.69) is 5.43 Å². The third kappa shape index (κ3) is 3.12. The summed E-state index contributed by atoms with van der Waals surface area (Å²) in [6.45, 7) is 2.05. The van der Waals surface area contributed by atoms with Crippen LogP contribution in [0.5, 0.6) is 5.75 Å². The Morgan fingerprint density at radius 3 is 2.76 bits per heavy atom. The molecule has 94 valence electrons. The zero-order valence-corrected chi connectivity index (χ0v) is 10.8. The van der Waals surface area contributed by atoms with Gasteiger partial charge in [-0.2, -0.15) is 0 Å². The van der Waals surface area contributed by atoms with Crippen LogP contribution in [0.15, 0.2) is 24.3 Å². The van der Waals surface area contributed by atoms with E-state index < -0.39 is 0 Å². The zero-order chi connectivity index (χ0) is 12.3. The third-order valence-electron chi connectivity index (χ3n) is 3.47. The molecule has 2 rings (SSSR count). The molecule has 0 aliphatic heterocycles. The van der Waals surface area contributed by atoms with Gasteiger partial charge in [-0.05, 0) is 43.9 Å². The molecule has 1 aromatic carbocycles. The van der Waals surface area contributed by atoms with Crippen LogP contribution in [0.25, 0.3) is 0 Å². The summed E-state index contributed by atoms with van der Waals surface area (Å²) in [5.74, 6) is 7.04. The summed E-state index contributed by atoms with van der Waals surface area (Å²) in [5.41, 5.74) is 2.88. The first-order valence-electron chi connectivity index (χ1n) is 6.09. The Morgan fingerprint density at radius 2 is 2.24 bits per heavy atom. The molecule has 1 fully saturated rings. The van der Waals surface area contributed by atoms with Gasteiger partial charge >= 0.3 is 0 Å². The maximum absolute atomic E-state index is 5.92. The summed E-state index contributed by atoms with van der Waals surface area (Å²) in [6.07, 6.45) is 3.81. The van der Waals surface area contributed by atoms with Gasteiger partial charge in [0.05, 0.1) is 6.04 Å². The fraction of sp³-hybridized carbons (Fsp3) is 0.538. The van der Waals surface area contributed by atoms with E-state index in [-0.39, 0.29) is 12.1 Å². The summed E-state index contributed by atoms with van der Waals surface area (Å²) in [5, 5.41) is 0.690. The van der Waals surface area contributed by atoms with Crippen molar-refractivity contribution in [3.8, 4) is 5.75 Å². The van der Waals surface area contributed by atoms with Crippen LogP contribution in [-0.4, -0.2) is 12.1 Å². The molecule has 3 N–H and O–H groups in total. The average molecular weight is 255 g/mol. The van der Waals surface area contributed by atoms with Gasteiger partial charge in [0.1, 0.15) is 11.9 Å². The summed E-state index contributed by atoms with van der Waals surface area (Å²) >= 11 is 5.92. The van der Waals surface area contributed by atoms with E-state index in [1.54, 1.807) is 0 Å². The number of hydrogen-bond acceptors (Lipinski definition) is 3. The summed E-state index contributed by atoms with van der Waals surface area (Å²) in [4.78, 5) is 0. The van der Waals surface area contributed by atoms with Crippen LogP contribution in [0, 0.1) is 5.92 Å². The monoisotopic (exact) mass is 254 g/mol. The smallest absolute Gasteiger partial charge is 0.121 e. The Labute approximate surface area is 107 Å². The van der Waals surface area contributed by atoms with E-state index in [1.807, 2.05) is 31.2 Å². The normalized spacial score (nSPS) is 19.5. The minimum absolute atomic E-state index is 0.0452. The second-order valence-corrected chi connectivity index (χ2v) is 5.10. The van der Waals surface area contributed by atoms with E-state index in [0.29, 0.717) is 10.9 Å². The van der Waals surface area contributed by atoms with Gasteiger partial charge in [-0.15, -0.1) is 0 Å². The van der Waals surface area contributed by atoms with Crippen molar-refractivity contribution in [2.24, 2.45) is 11.8 Å². The highest BCUT2D eigenvalue weighted by Crippen LogP contribution is 2.31. The van der Waals surface area contributed by atoms with Crippen LogP contribution in [0.3, 0.4) is 0 Å². The summed E-state index contributed by atoms with van der Waals surface area (Å²) < 4.78 is 5.88. The van der Waals surface area contributed by atoms with Crippen molar-refractivity contribution in [1.82, 2.24) is 5.43 Å². The molecular weight excluding hydrogens is 236 g/mol. The van der Waals surface area contributed by atoms with Crippen LogP contribution in [0.2, 0.25) is 5.02 Å². The summed E-state index contributed by atoms with van der Waals surface area (Å²) in [6, 6.07) is 7.67. The molecule has 17 heavy (non-hydrogen) atoms. The molecule has 0 radical (unpaired) electrons. The Morgan fingerprint density at radius 1 is 1.47 bits per heavy atom. The molecule has 4 heteroatoms. The Balaban J connectivity index is 1.96. The Kier molecular flexibility index (Phi) is 4.26. The largest absolute Gasteiger partial charge is 0.489 e. The highest BCUT2D eigenvalue weighted by Gasteiger charge is 2.31. The maximum Gasteiger partial charge on any atom is 0.121 e. The van der Waals surface area contributed by atoms with Gasteiger partial charge in [0.25, 0.3) is 0 Å². The first-order chi connectivity index (χ1) is 8.20. The molecule has 1 aromatic rings. The quantitative estimate of drug-likeness (QED) is 0.628. The van der Waals surface area contributed by atoms with Crippen molar-refractivity contribution in [2.75, 3.05) is 0 Å². The molecule has 2 atom stereocenters. The second kappa shape index (κ2) is 5.71. The van der Waals surface area contributed by atoms with Gasteiger partial charge in [-0.25, -0.2) is 0 Å². The number of nitrogens with one attached hydrogen (secondary N) is 1. The van der Waals surface area contributed by atoms with Crippen molar-refractivity contribution in [3.05, 3.63) is 29.3 Å². The SMILES string of the molecule is CC(Oc1cccc(Cl)c1)C(NN)C1CCC1. The standard InChI is InChI=1S/C13H19ClN2O/c1-9(13(16-15)10-4-2-5-10)17-12-7-3-6-11(14)8-12/h3,6-10,13,16H,2,4-5,15H2,1H3. The first-order valence-corrected chi connectivity index (χ1v) is 6.47. The minimum Gasteiger partial charge on any atom is -0.489 e. The Hall–Kier alpha value is -0.770. The molecule has 0 saturated heterocycles. The fourth-order valence-electron chi connectivity index (χ4n) is 2.28. The van der Waals surface area contributed by atoms with E-state index in [9.17, 15) is 0 Å². The Bertz CT molecular complexity index is 368. The van der Waals surface area contributed by atoms with Gasteiger partial charge in [-0.1, -0.05) is 24.1 Å². The molecule has 0 amide bonds. The molecular formula is C13H19ClN2O. The fourth-order valence-corrected chi connectivity index (χ4v) is 2.46. The number of benzene rings is 1. The van der Waals surface area contributed by atoms with Crippen LogP contribution >= 0.6 is 11.6 Å². The lowest BCUT2D eigenvalue weighted by atomic mass is 9.78. The van der Waals surface area contributed by atoms with Crippen LogP contribution < -0.4 is 16.0 Å². The van der Waals surface area contributed by atoms with Crippen LogP contribution in [0.1, 0.15) is 26.2 Å². The first kappa shape index (κ1) is 12.7. The van der Waals surface area contributed by atoms with Crippen molar-refractivity contribution in [3.63, 3.8) is 0 Å². The van der Waals surface area contributed by atoms with Gasteiger partial charge in [0.15, 0.2) is 0 Å². The van der Waals surface area contributed by atoms with Gasteiger partial charge < -0.3 is 4.74 Å². The molecule has 2 unspecified atom stereocenters. The molecule has 0 heterocycles. The molecule has 1 aliphatic rings. The zero-order valence-electron chi connectivity index (χ0n) is 10.0. The molecule has 3 nitrogen and oxygen atoms in total. The molecule has 1 saturated carbocycles. The highest BCUT2D eigenvalue weighted by atomic mass is 35.5. The number of ether oxygens (including phenoxy) is 1. The predicted molar refractivity (Wildman–Crippen MR) is 70.0 cm³/mol. The highest BCUT2D eigenvalue weighted by molar-refractivity contribution is 6.30. The van der Waals surface area contributed by atoms with E-state index in [1.165, 1.54) is 19.3 Å². The van der Waals surface area contributed by atoms with Crippen LogP contribution in [-0.2, 0) is 0 Å². The number of nitrogens with two attached hydrogens (primary N) is 1. The number of halogens is 1. The maximum atomic E-state index is 5.92. The van der Waals surface area contributed by atoms with Crippen molar-refractivity contribution in [2.45, 2.75) is 38.3 Å². The van der Waals surface area contributed by atoms with Gasteiger partial charge in [-0.3, -0.25) is 11.3 Å². The lowest BCUT2D eigenvalue weighted by Gasteiger charge is -2.36. The van der Waals surface area contributed by atoms with Gasteiger partial charge in [0, 0.05) is 5.02 Å². The van der Waals surface area contributed by atoms with E-state index >= 15 is 0 Å². The van der Waals surface area contributed by atoms with Crippen molar-refractivity contribution < 1.29 is 4.74 Å². The van der Waals surface area contributed by atoms with Crippen molar-refractivity contribution >= 4 is 11.6 Å². The minimum atomic E-state index is 0.0452. The average Bonchev–Trinajstić information content (AvgIpc) is 2.22. The lowest BCUT2D eigenvalue weighted by Crippen LogP contribution is -2.51. The molecule has 0 bridgehead atoms. The molecule has 0 aromatic heterocycles. The van der Waals surface area contributed by atoms with Crippen molar-refractivity contribution in [1.29, 1.82) is 0 Å².